The summed E-state index contributed by atoms with van der Waals surface area (Å²) in [6, 6.07) is -1.11. The lowest BCUT2D eigenvalue weighted by Crippen LogP contribution is -2.62. The van der Waals surface area contributed by atoms with Gasteiger partial charge >= 0.3 is 5.97 Å². The summed E-state index contributed by atoms with van der Waals surface area (Å²) in [5.41, 5.74) is -0.564. The summed E-state index contributed by atoms with van der Waals surface area (Å²) >= 11 is 0. The van der Waals surface area contributed by atoms with Crippen molar-refractivity contribution in [3.8, 4) is 0 Å². The van der Waals surface area contributed by atoms with E-state index in [-0.39, 0.29) is 23.9 Å². The van der Waals surface area contributed by atoms with Crippen molar-refractivity contribution in [2.24, 2.45) is 5.92 Å². The largest absolute Gasteiger partial charge is 0.480 e. The van der Waals surface area contributed by atoms with Crippen molar-refractivity contribution in [3.05, 3.63) is 12.2 Å². The predicted molar refractivity (Wildman–Crippen MR) is 89.2 cm³/mol. The summed E-state index contributed by atoms with van der Waals surface area (Å²) in [4.78, 5) is 23.1. The van der Waals surface area contributed by atoms with Gasteiger partial charge in [0.15, 0.2) is 0 Å². The molecular weight excluding hydrogens is 296 g/mol. The summed E-state index contributed by atoms with van der Waals surface area (Å²) in [5, 5.41) is 15.5. The molecule has 132 valence electrons. The minimum Gasteiger partial charge on any atom is -0.480 e. The number of carboxylic acid groups (broad SMARTS) is 1. The van der Waals surface area contributed by atoms with E-state index in [0.29, 0.717) is 6.42 Å². The highest BCUT2D eigenvalue weighted by atomic mass is 16.5. The van der Waals surface area contributed by atoms with Crippen LogP contribution in [0.15, 0.2) is 12.2 Å². The fraction of sp³-hybridized carbons (Fsp3) is 0.765. The second-order valence-electron chi connectivity index (χ2n) is 6.45. The van der Waals surface area contributed by atoms with Gasteiger partial charge in [-0.1, -0.05) is 25.5 Å². The molecule has 1 rings (SSSR count). The SMILES string of the molecule is C/C=C\C1C[C@H](C(=O)O)N[C@H]1[C@@H](NC(C)=O)[C@](C)(CCC)OC. The third-order valence-corrected chi connectivity index (χ3v) is 4.69. The van der Waals surface area contributed by atoms with Crippen LogP contribution < -0.4 is 10.6 Å². The Hall–Kier alpha value is -1.40. The number of allylic oxidation sites excluding steroid dienone is 1. The number of carbonyl (C=O) groups is 2. The Balaban J connectivity index is 3.16. The highest BCUT2D eigenvalue weighted by molar-refractivity contribution is 5.75. The maximum atomic E-state index is 11.7. The van der Waals surface area contributed by atoms with E-state index in [1.807, 2.05) is 26.0 Å². The zero-order chi connectivity index (χ0) is 17.6. The van der Waals surface area contributed by atoms with Crippen LogP contribution in [0.5, 0.6) is 0 Å². The lowest BCUT2D eigenvalue weighted by Gasteiger charge is -2.41. The van der Waals surface area contributed by atoms with Crippen LogP contribution in [-0.2, 0) is 14.3 Å². The first-order chi connectivity index (χ1) is 10.8. The van der Waals surface area contributed by atoms with Crippen molar-refractivity contribution in [2.45, 2.75) is 70.7 Å². The van der Waals surface area contributed by atoms with Gasteiger partial charge in [-0.15, -0.1) is 0 Å². The maximum absolute atomic E-state index is 11.7. The van der Waals surface area contributed by atoms with Gasteiger partial charge in [0, 0.05) is 20.1 Å². The van der Waals surface area contributed by atoms with E-state index in [0.717, 1.165) is 12.8 Å². The first-order valence-corrected chi connectivity index (χ1v) is 8.23. The first-order valence-electron chi connectivity index (χ1n) is 8.23. The van der Waals surface area contributed by atoms with E-state index in [4.69, 9.17) is 4.74 Å². The molecule has 0 saturated carbocycles. The van der Waals surface area contributed by atoms with E-state index in [9.17, 15) is 14.7 Å². The topological polar surface area (TPSA) is 87.7 Å². The molecule has 0 aromatic rings. The van der Waals surface area contributed by atoms with Crippen LogP contribution in [0.3, 0.4) is 0 Å². The molecule has 1 amide bonds. The molecule has 3 N–H and O–H groups in total. The Labute approximate surface area is 138 Å². The molecule has 1 fully saturated rings. The molecule has 5 atom stereocenters. The molecule has 6 heteroatoms. The molecule has 0 bridgehead atoms. The van der Waals surface area contributed by atoms with E-state index >= 15 is 0 Å². The van der Waals surface area contributed by atoms with Crippen LogP contribution in [0.1, 0.15) is 47.0 Å². The van der Waals surface area contributed by atoms with Crippen molar-refractivity contribution in [3.63, 3.8) is 0 Å². The lowest BCUT2D eigenvalue weighted by atomic mass is 9.81. The fourth-order valence-electron chi connectivity index (χ4n) is 3.53. The van der Waals surface area contributed by atoms with Gasteiger partial charge in [-0.25, -0.2) is 0 Å². The number of hydrogen-bond acceptors (Lipinski definition) is 4. The average molecular weight is 326 g/mol. The van der Waals surface area contributed by atoms with Crippen LogP contribution >= 0.6 is 0 Å². The van der Waals surface area contributed by atoms with Gasteiger partial charge in [-0.05, 0) is 32.6 Å². The third kappa shape index (κ3) is 4.78. The van der Waals surface area contributed by atoms with Gasteiger partial charge in [0.1, 0.15) is 6.04 Å². The molecular formula is C17H30N2O4. The fourth-order valence-corrected chi connectivity index (χ4v) is 3.53. The van der Waals surface area contributed by atoms with Crippen molar-refractivity contribution in [2.75, 3.05) is 7.11 Å². The van der Waals surface area contributed by atoms with Gasteiger partial charge in [0.25, 0.3) is 0 Å². The Bertz CT molecular complexity index is 452. The van der Waals surface area contributed by atoms with Crippen LogP contribution in [0, 0.1) is 5.92 Å². The van der Waals surface area contributed by atoms with E-state index < -0.39 is 17.6 Å². The zero-order valence-electron chi connectivity index (χ0n) is 14.8. The summed E-state index contributed by atoms with van der Waals surface area (Å²) in [7, 11) is 1.64. The van der Waals surface area contributed by atoms with Gasteiger partial charge in [0.2, 0.25) is 5.91 Å². The van der Waals surface area contributed by atoms with E-state index in [1.165, 1.54) is 6.92 Å². The molecule has 1 aliphatic heterocycles. The number of hydrogen-bond donors (Lipinski definition) is 3. The van der Waals surface area contributed by atoms with Crippen molar-refractivity contribution in [1.29, 1.82) is 0 Å². The molecule has 0 spiro atoms. The van der Waals surface area contributed by atoms with Gasteiger partial charge < -0.3 is 15.2 Å². The normalized spacial score (nSPS) is 28.5. The van der Waals surface area contributed by atoms with Crippen molar-refractivity contribution >= 4 is 11.9 Å². The molecule has 0 aliphatic carbocycles. The number of ether oxygens (including phenoxy) is 1. The standard InChI is InChI=1S/C17H30N2O4/c1-6-8-12-10-13(16(21)22)19-14(12)15(18-11(3)20)17(4,23-5)9-7-2/h6,8,12-15,19H,7,9-10H2,1-5H3,(H,18,20)(H,21,22)/b8-6-/t12?,13-,14-,15-,17+/m1/s1. The summed E-state index contributed by atoms with van der Waals surface area (Å²) in [6.07, 6.45) is 6.12. The highest BCUT2D eigenvalue weighted by Crippen LogP contribution is 2.32. The monoisotopic (exact) mass is 326 g/mol. The molecule has 0 aromatic carbocycles. The smallest absolute Gasteiger partial charge is 0.320 e. The number of nitrogens with one attached hydrogen (secondary N) is 2. The lowest BCUT2D eigenvalue weighted by molar-refractivity contribution is -0.139. The van der Waals surface area contributed by atoms with Crippen LogP contribution in [0.25, 0.3) is 0 Å². The minimum absolute atomic E-state index is 0.0317. The third-order valence-electron chi connectivity index (χ3n) is 4.69. The molecule has 23 heavy (non-hydrogen) atoms. The second-order valence-corrected chi connectivity index (χ2v) is 6.45. The zero-order valence-corrected chi connectivity index (χ0v) is 14.8. The maximum Gasteiger partial charge on any atom is 0.320 e. The van der Waals surface area contributed by atoms with Crippen molar-refractivity contribution in [1.82, 2.24) is 10.6 Å². The van der Waals surface area contributed by atoms with Crippen LogP contribution in [-0.4, -0.2) is 47.8 Å². The van der Waals surface area contributed by atoms with E-state index in [1.54, 1.807) is 7.11 Å². The number of rotatable bonds is 8. The molecule has 1 saturated heterocycles. The van der Waals surface area contributed by atoms with Gasteiger partial charge in [0.05, 0.1) is 11.6 Å². The van der Waals surface area contributed by atoms with E-state index in [2.05, 4.69) is 17.6 Å². The average Bonchev–Trinajstić information content (AvgIpc) is 2.89. The minimum atomic E-state index is -0.863. The Morgan fingerprint density at radius 2 is 2.17 bits per heavy atom. The quantitative estimate of drug-likeness (QED) is 0.591. The summed E-state index contributed by atoms with van der Waals surface area (Å²) in [5.74, 6) is -0.975. The first kappa shape index (κ1) is 19.6. The number of carbonyl (C=O) groups excluding carboxylic acids is 1. The number of methoxy groups -OCH3 is 1. The molecule has 6 nitrogen and oxygen atoms in total. The van der Waals surface area contributed by atoms with Crippen molar-refractivity contribution < 1.29 is 19.4 Å². The molecule has 1 heterocycles. The van der Waals surface area contributed by atoms with Gasteiger partial charge in [-0.2, -0.15) is 0 Å². The number of amides is 1. The summed E-state index contributed by atoms with van der Waals surface area (Å²) in [6.45, 7) is 7.43. The van der Waals surface area contributed by atoms with Crippen LogP contribution in [0.2, 0.25) is 0 Å². The highest BCUT2D eigenvalue weighted by Gasteiger charge is 2.47. The van der Waals surface area contributed by atoms with Gasteiger partial charge in [-0.3, -0.25) is 14.9 Å². The number of aliphatic carboxylic acids is 1. The Morgan fingerprint density at radius 3 is 2.61 bits per heavy atom. The molecule has 0 aromatic heterocycles. The molecule has 0 radical (unpaired) electrons. The predicted octanol–water partition coefficient (Wildman–Crippen LogP) is 1.70. The Morgan fingerprint density at radius 1 is 1.52 bits per heavy atom. The summed E-state index contributed by atoms with van der Waals surface area (Å²) < 4.78 is 5.75. The van der Waals surface area contributed by atoms with Crippen LogP contribution in [0.4, 0.5) is 0 Å². The molecule has 1 unspecified atom stereocenters. The Kier molecular flexibility index (Phi) is 7.22. The second kappa shape index (κ2) is 8.45. The number of carboxylic acids is 1. The molecule has 1 aliphatic rings.